The van der Waals surface area contributed by atoms with E-state index in [1.807, 2.05) is 0 Å². The first kappa shape index (κ1) is 12.2. The molecule has 2 heterocycles. The summed E-state index contributed by atoms with van der Waals surface area (Å²) in [6.45, 7) is 3.82. The molecule has 1 N–H and O–H groups in total. The van der Waals surface area contributed by atoms with Crippen molar-refractivity contribution in [2.24, 2.45) is 0 Å². The molecule has 0 bridgehead atoms. The second kappa shape index (κ2) is 5.84. The maximum atomic E-state index is 4.68. The van der Waals surface area contributed by atoms with Gasteiger partial charge in [0.1, 0.15) is 0 Å². The van der Waals surface area contributed by atoms with Crippen LogP contribution in [0, 0.1) is 0 Å². The van der Waals surface area contributed by atoms with Crippen LogP contribution in [0.15, 0.2) is 35.2 Å². The van der Waals surface area contributed by atoms with Crippen molar-refractivity contribution in [2.45, 2.75) is 25.9 Å². The van der Waals surface area contributed by atoms with Crippen molar-refractivity contribution < 1.29 is 4.52 Å². The van der Waals surface area contributed by atoms with E-state index in [2.05, 4.69) is 49.1 Å². The van der Waals surface area contributed by atoms with Gasteiger partial charge in [0, 0.05) is 25.3 Å². The standard InChI is InChI=1S/C14H18N4O/c1-2-8-18(7-1)13-5-3-12(4-6-13)9-15-10-14-16-11-19-17-14/h3-6,11,15H,1-2,7-10H2. The Labute approximate surface area is 112 Å². The molecule has 0 aliphatic carbocycles. The van der Waals surface area contributed by atoms with Gasteiger partial charge in [-0.05, 0) is 30.5 Å². The number of anilines is 1. The van der Waals surface area contributed by atoms with Crippen molar-refractivity contribution in [1.82, 2.24) is 15.5 Å². The first-order valence-electron chi connectivity index (χ1n) is 6.72. The smallest absolute Gasteiger partial charge is 0.213 e. The number of benzene rings is 1. The molecule has 0 saturated carbocycles. The molecule has 5 heteroatoms. The fourth-order valence-electron chi connectivity index (χ4n) is 2.39. The number of hydrogen-bond donors (Lipinski definition) is 1. The molecule has 19 heavy (non-hydrogen) atoms. The van der Waals surface area contributed by atoms with Gasteiger partial charge >= 0.3 is 0 Å². The van der Waals surface area contributed by atoms with Crippen LogP contribution in [0.4, 0.5) is 5.69 Å². The van der Waals surface area contributed by atoms with E-state index in [4.69, 9.17) is 0 Å². The molecule has 0 radical (unpaired) electrons. The summed E-state index contributed by atoms with van der Waals surface area (Å²) < 4.78 is 4.68. The summed E-state index contributed by atoms with van der Waals surface area (Å²) in [4.78, 5) is 6.41. The maximum Gasteiger partial charge on any atom is 0.213 e. The van der Waals surface area contributed by atoms with E-state index in [0.29, 0.717) is 12.4 Å². The van der Waals surface area contributed by atoms with Gasteiger partial charge < -0.3 is 14.7 Å². The molecule has 1 aliphatic rings. The van der Waals surface area contributed by atoms with Crippen molar-refractivity contribution in [3.63, 3.8) is 0 Å². The second-order valence-corrected chi connectivity index (χ2v) is 4.81. The molecule has 2 aromatic rings. The molecule has 0 amide bonds. The van der Waals surface area contributed by atoms with E-state index in [9.17, 15) is 0 Å². The average Bonchev–Trinajstić information content (AvgIpc) is 3.13. The number of hydrogen-bond acceptors (Lipinski definition) is 5. The Balaban J connectivity index is 1.51. The van der Waals surface area contributed by atoms with Crippen LogP contribution >= 0.6 is 0 Å². The quantitative estimate of drug-likeness (QED) is 0.888. The van der Waals surface area contributed by atoms with Crippen molar-refractivity contribution in [1.29, 1.82) is 0 Å². The minimum absolute atomic E-state index is 0.629. The van der Waals surface area contributed by atoms with Gasteiger partial charge in [0.2, 0.25) is 6.39 Å². The van der Waals surface area contributed by atoms with Crippen LogP contribution in [0.1, 0.15) is 24.2 Å². The second-order valence-electron chi connectivity index (χ2n) is 4.81. The molecular weight excluding hydrogens is 240 g/mol. The monoisotopic (exact) mass is 258 g/mol. The van der Waals surface area contributed by atoms with Gasteiger partial charge in [-0.15, -0.1) is 0 Å². The van der Waals surface area contributed by atoms with Gasteiger partial charge in [0.15, 0.2) is 5.82 Å². The Kier molecular flexibility index (Phi) is 3.74. The van der Waals surface area contributed by atoms with E-state index in [1.54, 1.807) is 0 Å². The maximum absolute atomic E-state index is 4.68. The predicted octanol–water partition coefficient (Wildman–Crippen LogP) is 1.96. The van der Waals surface area contributed by atoms with Crippen LogP contribution in [0.5, 0.6) is 0 Å². The Morgan fingerprint density at radius 1 is 1.11 bits per heavy atom. The minimum Gasteiger partial charge on any atom is -0.372 e. The van der Waals surface area contributed by atoms with E-state index in [0.717, 1.165) is 6.54 Å². The van der Waals surface area contributed by atoms with Crippen LogP contribution in [-0.2, 0) is 13.1 Å². The van der Waals surface area contributed by atoms with E-state index in [-0.39, 0.29) is 0 Å². The highest BCUT2D eigenvalue weighted by Crippen LogP contribution is 2.20. The molecule has 1 aromatic heterocycles. The Bertz CT molecular complexity index is 489. The SMILES string of the molecule is c1nc(CNCc2ccc(N3CCCC3)cc2)no1. The average molecular weight is 258 g/mol. The Morgan fingerprint density at radius 2 is 1.89 bits per heavy atom. The highest BCUT2D eigenvalue weighted by Gasteiger charge is 2.11. The van der Waals surface area contributed by atoms with Gasteiger partial charge in [-0.3, -0.25) is 0 Å². The molecule has 5 nitrogen and oxygen atoms in total. The Hall–Kier alpha value is -1.88. The third-order valence-electron chi connectivity index (χ3n) is 3.43. The normalized spacial score (nSPS) is 15.1. The summed E-state index contributed by atoms with van der Waals surface area (Å²) in [7, 11) is 0. The lowest BCUT2D eigenvalue weighted by molar-refractivity contribution is 0.407. The molecule has 100 valence electrons. The highest BCUT2D eigenvalue weighted by molar-refractivity contribution is 5.48. The topological polar surface area (TPSA) is 54.2 Å². The van der Waals surface area contributed by atoms with Crippen LogP contribution < -0.4 is 10.2 Å². The van der Waals surface area contributed by atoms with Crippen LogP contribution in [0.25, 0.3) is 0 Å². The zero-order valence-electron chi connectivity index (χ0n) is 10.9. The minimum atomic E-state index is 0.629. The molecule has 1 saturated heterocycles. The third-order valence-corrected chi connectivity index (χ3v) is 3.43. The summed E-state index contributed by atoms with van der Waals surface area (Å²) >= 11 is 0. The summed E-state index contributed by atoms with van der Waals surface area (Å²) in [6, 6.07) is 8.77. The lowest BCUT2D eigenvalue weighted by atomic mass is 10.2. The largest absolute Gasteiger partial charge is 0.372 e. The lowest BCUT2D eigenvalue weighted by Crippen LogP contribution is -2.17. The summed E-state index contributed by atoms with van der Waals surface area (Å²) in [6.07, 6.45) is 3.98. The van der Waals surface area contributed by atoms with Gasteiger partial charge in [-0.25, -0.2) is 0 Å². The van der Waals surface area contributed by atoms with Crippen molar-refractivity contribution >= 4 is 5.69 Å². The highest BCUT2D eigenvalue weighted by atomic mass is 16.5. The number of rotatable bonds is 5. The number of nitrogens with zero attached hydrogens (tertiary/aromatic N) is 3. The van der Waals surface area contributed by atoms with Gasteiger partial charge in [0.05, 0.1) is 6.54 Å². The summed E-state index contributed by atoms with van der Waals surface area (Å²) in [5.41, 5.74) is 2.60. The lowest BCUT2D eigenvalue weighted by Gasteiger charge is -2.17. The van der Waals surface area contributed by atoms with E-state index in [1.165, 1.54) is 43.6 Å². The van der Waals surface area contributed by atoms with E-state index < -0.39 is 0 Å². The van der Waals surface area contributed by atoms with Crippen LogP contribution in [0.3, 0.4) is 0 Å². The molecule has 0 spiro atoms. The molecule has 0 unspecified atom stereocenters. The number of aromatic nitrogens is 2. The first-order chi connectivity index (χ1) is 9.42. The van der Waals surface area contributed by atoms with Gasteiger partial charge in [0.25, 0.3) is 0 Å². The van der Waals surface area contributed by atoms with Gasteiger partial charge in [-0.1, -0.05) is 17.3 Å². The van der Waals surface area contributed by atoms with Gasteiger partial charge in [-0.2, -0.15) is 4.98 Å². The van der Waals surface area contributed by atoms with Crippen LogP contribution in [0.2, 0.25) is 0 Å². The fourth-order valence-corrected chi connectivity index (χ4v) is 2.39. The zero-order valence-corrected chi connectivity index (χ0v) is 10.9. The molecule has 1 aliphatic heterocycles. The van der Waals surface area contributed by atoms with Crippen molar-refractivity contribution in [3.05, 3.63) is 42.0 Å². The van der Waals surface area contributed by atoms with E-state index >= 15 is 0 Å². The Morgan fingerprint density at radius 3 is 2.58 bits per heavy atom. The molecule has 0 atom stereocenters. The predicted molar refractivity (Wildman–Crippen MR) is 72.7 cm³/mol. The van der Waals surface area contributed by atoms with Crippen LogP contribution in [-0.4, -0.2) is 23.2 Å². The summed E-state index contributed by atoms with van der Waals surface area (Å²) in [5, 5.41) is 7.05. The molecule has 1 aromatic carbocycles. The molecule has 3 rings (SSSR count). The zero-order chi connectivity index (χ0) is 12.9. The van der Waals surface area contributed by atoms with Crippen molar-refractivity contribution in [3.8, 4) is 0 Å². The first-order valence-corrected chi connectivity index (χ1v) is 6.72. The molecular formula is C14H18N4O. The third kappa shape index (κ3) is 3.12. The van der Waals surface area contributed by atoms with Crippen molar-refractivity contribution in [2.75, 3.05) is 18.0 Å². The fraction of sp³-hybridized carbons (Fsp3) is 0.429. The molecule has 1 fully saturated rings. The number of nitrogens with one attached hydrogen (secondary N) is 1. The summed E-state index contributed by atoms with van der Waals surface area (Å²) in [5.74, 6) is 0.689.